The minimum absolute atomic E-state index is 0.00158. The molecule has 0 spiro atoms. The van der Waals surface area contributed by atoms with E-state index in [0.29, 0.717) is 28.4 Å². The Morgan fingerprint density at radius 3 is 2.40 bits per heavy atom. The second-order valence-corrected chi connectivity index (χ2v) is 15.1. The number of nitrogens with one attached hydrogen (secondary N) is 2. The maximum Gasteiger partial charge on any atom is 0.338 e. The zero-order valence-corrected chi connectivity index (χ0v) is 28.8. The molecule has 8 rings (SSSR count). The third kappa shape index (κ3) is 5.39. The van der Waals surface area contributed by atoms with Gasteiger partial charge in [-0.1, -0.05) is 23.5 Å². The first kappa shape index (κ1) is 32.3. The molecule has 2 aliphatic heterocycles. The Hall–Kier alpha value is -4.88. The number of fused-ring (bicyclic) bond motifs is 9. The number of thiazole rings is 1. The fraction of sp³-hybridized carbons (Fsp3) is 0.324. The Labute approximate surface area is 295 Å². The van der Waals surface area contributed by atoms with Crippen LogP contribution in [0, 0.1) is 29.6 Å². The van der Waals surface area contributed by atoms with Crippen LogP contribution in [0.15, 0.2) is 82.6 Å². The van der Waals surface area contributed by atoms with Crippen LogP contribution in [-0.4, -0.2) is 54.2 Å². The Kier molecular flexibility index (Phi) is 8.26. The molecule has 50 heavy (non-hydrogen) atoms. The molecule has 256 valence electrons. The van der Waals surface area contributed by atoms with Crippen molar-refractivity contribution in [2.24, 2.45) is 29.6 Å². The van der Waals surface area contributed by atoms with Crippen molar-refractivity contribution < 1.29 is 33.4 Å². The summed E-state index contributed by atoms with van der Waals surface area (Å²) in [6.07, 6.45) is 0.752. The van der Waals surface area contributed by atoms with E-state index in [1.807, 2.05) is 18.2 Å². The number of benzene rings is 3. The van der Waals surface area contributed by atoms with E-state index in [2.05, 4.69) is 10.3 Å². The van der Waals surface area contributed by atoms with Crippen molar-refractivity contribution >= 4 is 58.2 Å². The lowest BCUT2D eigenvalue weighted by molar-refractivity contribution is -0.123. The summed E-state index contributed by atoms with van der Waals surface area (Å²) in [7, 11) is 1.58. The molecule has 0 radical (unpaired) electrons. The second kappa shape index (κ2) is 12.8. The van der Waals surface area contributed by atoms with Crippen LogP contribution in [0.1, 0.15) is 40.1 Å². The van der Waals surface area contributed by atoms with Gasteiger partial charge in [0.25, 0.3) is 5.91 Å². The van der Waals surface area contributed by atoms with Gasteiger partial charge in [-0.25, -0.2) is 4.79 Å². The highest BCUT2D eigenvalue weighted by molar-refractivity contribution is 8.00. The monoisotopic (exact) mass is 711 g/mol. The minimum Gasteiger partial charge on any atom is -0.497 e. The van der Waals surface area contributed by atoms with Gasteiger partial charge in [0.05, 0.1) is 41.8 Å². The molecule has 2 saturated carbocycles. The Morgan fingerprint density at radius 2 is 1.68 bits per heavy atom. The van der Waals surface area contributed by atoms with E-state index in [9.17, 15) is 24.0 Å². The summed E-state index contributed by atoms with van der Waals surface area (Å²) < 4.78 is 16.2. The average Bonchev–Trinajstić information content (AvgIpc) is 3.86. The number of esters is 1. The van der Waals surface area contributed by atoms with Gasteiger partial charge in [-0.05, 0) is 97.3 Å². The van der Waals surface area contributed by atoms with Crippen LogP contribution >= 0.6 is 23.1 Å². The van der Waals surface area contributed by atoms with Crippen molar-refractivity contribution in [3.8, 4) is 11.5 Å². The third-order valence-electron chi connectivity index (χ3n) is 10.3. The molecular formula is C37H33N3O8S2. The molecule has 3 fully saturated rings. The van der Waals surface area contributed by atoms with Crippen molar-refractivity contribution in [3.05, 3.63) is 98.5 Å². The summed E-state index contributed by atoms with van der Waals surface area (Å²) in [4.78, 5) is 70.8. The van der Waals surface area contributed by atoms with E-state index >= 15 is 0 Å². The van der Waals surface area contributed by atoms with Gasteiger partial charge in [0, 0.05) is 21.7 Å². The maximum absolute atomic E-state index is 14.1. The van der Waals surface area contributed by atoms with E-state index in [-0.39, 0.29) is 64.7 Å². The summed E-state index contributed by atoms with van der Waals surface area (Å²) >= 11 is 2.80. The van der Waals surface area contributed by atoms with E-state index in [1.54, 1.807) is 80.4 Å². The van der Waals surface area contributed by atoms with Crippen molar-refractivity contribution in [1.82, 2.24) is 4.98 Å². The van der Waals surface area contributed by atoms with E-state index in [0.717, 1.165) is 21.9 Å². The van der Waals surface area contributed by atoms with Gasteiger partial charge in [0.15, 0.2) is 6.61 Å². The molecule has 1 saturated heterocycles. The largest absolute Gasteiger partial charge is 0.497 e. The van der Waals surface area contributed by atoms with Crippen LogP contribution in [0.3, 0.4) is 0 Å². The summed E-state index contributed by atoms with van der Waals surface area (Å²) in [6, 6.07) is 21.0. The topological polar surface area (TPSA) is 144 Å². The van der Waals surface area contributed by atoms with Crippen molar-refractivity contribution in [2.75, 3.05) is 30.5 Å². The van der Waals surface area contributed by atoms with E-state index in [4.69, 9.17) is 14.2 Å². The fourth-order valence-electron chi connectivity index (χ4n) is 8.42. The number of aromatic amines is 1. The molecule has 4 aromatic rings. The van der Waals surface area contributed by atoms with Crippen molar-refractivity contribution in [3.63, 3.8) is 0 Å². The van der Waals surface area contributed by atoms with Gasteiger partial charge in [-0.3, -0.25) is 24.1 Å². The molecule has 1 aromatic heterocycles. The minimum atomic E-state index is -0.472. The van der Waals surface area contributed by atoms with Crippen LogP contribution < -0.4 is 24.6 Å². The van der Waals surface area contributed by atoms with Gasteiger partial charge in [-0.2, -0.15) is 0 Å². The zero-order valence-electron chi connectivity index (χ0n) is 27.1. The number of rotatable bonds is 9. The third-order valence-corrected chi connectivity index (χ3v) is 12.9. The molecule has 2 N–H and O–H groups in total. The highest BCUT2D eigenvalue weighted by Gasteiger charge is 2.69. The molecule has 2 aliphatic carbocycles. The lowest BCUT2D eigenvalue weighted by Gasteiger charge is -2.43. The number of amides is 3. The molecule has 7 atom stereocenters. The number of hydrogen-bond donors (Lipinski definition) is 2. The number of nitrogens with zero attached hydrogens (tertiary/aromatic N) is 1. The van der Waals surface area contributed by atoms with Crippen molar-refractivity contribution in [2.45, 2.75) is 29.5 Å². The second-order valence-electron chi connectivity index (χ2n) is 12.9. The number of imide groups is 1. The van der Waals surface area contributed by atoms with Crippen LogP contribution in [0.5, 0.6) is 11.5 Å². The Bertz CT molecular complexity index is 2060. The SMILES string of the molecule is CCOC(=O)c1ccc(N2C(=O)[C@H]3[C@H]4C[C@@H]([C@@H]3C2=O)[C@@H]2[C@H](c3cccc(OCC(=O)Nc5ccc(OC)cc5)c3)c3sc(=O)[nH]c3S[C@H]42)cc1. The number of anilines is 2. The van der Waals surface area contributed by atoms with Crippen LogP contribution in [-0.2, 0) is 19.1 Å². The van der Waals surface area contributed by atoms with Crippen molar-refractivity contribution in [1.29, 1.82) is 0 Å². The first-order valence-corrected chi connectivity index (χ1v) is 18.2. The first-order chi connectivity index (χ1) is 24.2. The van der Waals surface area contributed by atoms with Gasteiger partial charge in [-0.15, -0.1) is 11.8 Å². The highest BCUT2D eigenvalue weighted by Crippen LogP contribution is 2.68. The summed E-state index contributed by atoms with van der Waals surface area (Å²) in [5.74, 6) is -1.24. The maximum atomic E-state index is 14.1. The normalized spacial score (nSPS) is 25.9. The van der Waals surface area contributed by atoms with E-state index in [1.165, 1.54) is 16.2 Å². The molecule has 2 bridgehead atoms. The molecule has 4 aliphatic rings. The number of methoxy groups -OCH3 is 1. The summed E-state index contributed by atoms with van der Waals surface area (Å²) in [5, 5.41) is 3.65. The Balaban J connectivity index is 1.05. The number of thioether (sulfide) groups is 1. The van der Waals surface area contributed by atoms with Crippen LogP contribution in [0.25, 0.3) is 0 Å². The van der Waals surface area contributed by atoms with Crippen LogP contribution in [0.4, 0.5) is 11.4 Å². The summed E-state index contributed by atoms with van der Waals surface area (Å²) in [5.41, 5.74) is 2.34. The first-order valence-electron chi connectivity index (χ1n) is 16.5. The molecule has 0 unspecified atom stereocenters. The molecule has 3 aromatic carbocycles. The number of H-pyrrole nitrogens is 1. The number of hydrogen-bond acceptors (Lipinski definition) is 10. The lowest BCUT2D eigenvalue weighted by Crippen LogP contribution is -2.42. The number of ether oxygens (including phenoxy) is 3. The fourth-order valence-corrected chi connectivity index (χ4v) is 11.3. The predicted octanol–water partition coefficient (Wildman–Crippen LogP) is 5.32. The zero-order chi connectivity index (χ0) is 34.7. The average molecular weight is 712 g/mol. The highest BCUT2D eigenvalue weighted by atomic mass is 32.2. The van der Waals surface area contributed by atoms with Gasteiger partial charge in [0.1, 0.15) is 11.5 Å². The van der Waals surface area contributed by atoms with Crippen LogP contribution in [0.2, 0.25) is 0 Å². The van der Waals surface area contributed by atoms with Gasteiger partial charge >= 0.3 is 10.8 Å². The molecule has 3 heterocycles. The number of aromatic nitrogens is 1. The number of carbonyl (C=O) groups is 4. The summed E-state index contributed by atoms with van der Waals surface area (Å²) in [6.45, 7) is 1.78. The standard InChI is InChI=1S/C37H33N3O8S2/c1-3-47-36(44)18-7-11-21(12-8-18)40-34(42)29-24-16-25(30(29)35(40)43)31-28(24)27(32-33(49-31)39-37(45)50-32)19-5-4-6-23(15-19)48-17-26(41)38-20-9-13-22(46-2)14-10-20/h4-15,24-25,27-31H,3,16-17H2,1-2H3,(H,38,41)(H,39,45)/t24-,25-,27+,28-,29+,30+,31-/m1/s1. The molecule has 11 nitrogen and oxygen atoms in total. The number of carbonyl (C=O) groups excluding carboxylic acids is 4. The van der Waals surface area contributed by atoms with Gasteiger partial charge in [0.2, 0.25) is 11.8 Å². The lowest BCUT2D eigenvalue weighted by atomic mass is 9.68. The molecule has 13 heteroatoms. The smallest absolute Gasteiger partial charge is 0.338 e. The predicted molar refractivity (Wildman–Crippen MR) is 187 cm³/mol. The molecule has 3 amide bonds. The Morgan fingerprint density at radius 1 is 0.940 bits per heavy atom. The quantitative estimate of drug-likeness (QED) is 0.174. The van der Waals surface area contributed by atoms with E-state index < -0.39 is 17.8 Å². The van der Waals surface area contributed by atoms with Gasteiger partial charge < -0.3 is 24.5 Å². The molecular weight excluding hydrogens is 679 g/mol.